The van der Waals surface area contributed by atoms with Gasteiger partial charge in [0.1, 0.15) is 11.2 Å². The van der Waals surface area contributed by atoms with Gasteiger partial charge in [-0.05, 0) is 32.9 Å². The number of carbonyl (C=O) groups excluding carboxylic acids is 1. The van der Waals surface area contributed by atoms with Gasteiger partial charge in [-0.15, -0.1) is 0 Å². The minimum atomic E-state index is -1.02. The van der Waals surface area contributed by atoms with Gasteiger partial charge in [0.15, 0.2) is 0 Å². The third-order valence-electron chi connectivity index (χ3n) is 2.87. The van der Waals surface area contributed by atoms with Crippen molar-refractivity contribution in [1.29, 1.82) is 0 Å². The number of hydrogen-bond acceptors (Lipinski definition) is 4. The quantitative estimate of drug-likeness (QED) is 0.904. The molecule has 0 unspecified atom stereocenters. The minimum Gasteiger partial charge on any atom is -0.481 e. The first kappa shape index (κ1) is 15.8. The number of aliphatic carboxylic acids is 1. The third kappa shape index (κ3) is 3.97. The molecule has 0 aromatic carbocycles. The molecule has 7 nitrogen and oxygen atoms in total. The fraction of sp³-hybridized carbons (Fsp3) is 0.400. The highest BCUT2D eigenvalue weighted by molar-refractivity contribution is 5.72. The van der Waals surface area contributed by atoms with E-state index in [4.69, 9.17) is 9.84 Å². The fourth-order valence-corrected chi connectivity index (χ4v) is 2.06. The van der Waals surface area contributed by atoms with Crippen molar-refractivity contribution < 1.29 is 19.4 Å². The van der Waals surface area contributed by atoms with Crippen LogP contribution in [0.1, 0.15) is 38.9 Å². The van der Waals surface area contributed by atoms with Crippen LogP contribution in [0.3, 0.4) is 0 Å². The zero-order valence-corrected chi connectivity index (χ0v) is 12.7. The summed E-state index contributed by atoms with van der Waals surface area (Å²) in [5.74, 6) is -1.02. The summed E-state index contributed by atoms with van der Waals surface area (Å²) in [5.41, 5.74) is 0.611. The molecular weight excluding hydrogens is 286 g/mol. The van der Waals surface area contributed by atoms with Crippen LogP contribution in [0.5, 0.6) is 0 Å². The summed E-state index contributed by atoms with van der Waals surface area (Å²) < 4.78 is 6.93. The average Bonchev–Trinajstić information content (AvgIpc) is 2.78. The molecule has 7 heteroatoms. The molecule has 2 heterocycles. The van der Waals surface area contributed by atoms with Gasteiger partial charge in [-0.3, -0.25) is 4.79 Å². The molecule has 0 spiro atoms. The van der Waals surface area contributed by atoms with Gasteiger partial charge in [0.25, 0.3) is 0 Å². The first-order valence-corrected chi connectivity index (χ1v) is 6.89. The van der Waals surface area contributed by atoms with Crippen LogP contribution in [0, 0.1) is 0 Å². The Balaban J connectivity index is 2.26. The second-order valence-corrected chi connectivity index (χ2v) is 5.91. The van der Waals surface area contributed by atoms with Crippen LogP contribution in [0.2, 0.25) is 0 Å². The molecule has 0 saturated carbocycles. The normalized spacial score (nSPS) is 12.9. The predicted octanol–water partition coefficient (Wildman–Crippen LogP) is 2.37. The van der Waals surface area contributed by atoms with Gasteiger partial charge in [-0.25, -0.2) is 9.78 Å². The van der Waals surface area contributed by atoms with E-state index in [0.717, 1.165) is 0 Å². The van der Waals surface area contributed by atoms with Crippen LogP contribution in [0.4, 0.5) is 4.79 Å². The molecule has 0 fully saturated rings. The third-order valence-corrected chi connectivity index (χ3v) is 2.87. The summed E-state index contributed by atoms with van der Waals surface area (Å²) in [4.78, 5) is 27.2. The van der Waals surface area contributed by atoms with Crippen LogP contribution in [-0.2, 0) is 9.53 Å². The summed E-state index contributed by atoms with van der Waals surface area (Å²) in [5, 5.41) is 11.7. The highest BCUT2D eigenvalue weighted by Gasteiger charge is 2.24. The Kier molecular flexibility index (Phi) is 4.35. The number of nitrogens with zero attached hydrogens (tertiary/aromatic N) is 2. The molecule has 1 amide bonds. The van der Waals surface area contributed by atoms with Crippen LogP contribution in [0.25, 0.3) is 5.65 Å². The largest absolute Gasteiger partial charge is 0.481 e. The van der Waals surface area contributed by atoms with E-state index < -0.39 is 23.7 Å². The van der Waals surface area contributed by atoms with Gasteiger partial charge >= 0.3 is 12.1 Å². The van der Waals surface area contributed by atoms with Crippen LogP contribution in [-0.4, -0.2) is 32.2 Å². The van der Waals surface area contributed by atoms with Crippen molar-refractivity contribution in [2.24, 2.45) is 0 Å². The Bertz CT molecular complexity index is 687. The SMILES string of the molecule is CC(C)(C)OC(=O)N[C@H](CC(=O)O)c1cnc2ccccn12. The Hall–Kier alpha value is -2.57. The molecule has 2 aromatic heterocycles. The van der Waals surface area contributed by atoms with E-state index in [9.17, 15) is 9.59 Å². The molecule has 1 atom stereocenters. The predicted molar refractivity (Wildman–Crippen MR) is 79.6 cm³/mol. The number of carboxylic acids is 1. The Morgan fingerprint density at radius 1 is 1.41 bits per heavy atom. The molecule has 0 aliphatic heterocycles. The molecule has 0 saturated heterocycles. The van der Waals surface area contributed by atoms with E-state index in [2.05, 4.69) is 10.3 Å². The van der Waals surface area contributed by atoms with Crippen molar-refractivity contribution in [2.75, 3.05) is 0 Å². The molecule has 0 bridgehead atoms. The number of nitrogens with one attached hydrogen (secondary N) is 1. The number of alkyl carbamates (subject to hydrolysis) is 1. The Morgan fingerprint density at radius 2 is 2.14 bits per heavy atom. The van der Waals surface area contributed by atoms with Gasteiger partial charge in [-0.2, -0.15) is 0 Å². The topological polar surface area (TPSA) is 92.9 Å². The van der Waals surface area contributed by atoms with Gasteiger partial charge < -0.3 is 19.6 Å². The number of pyridine rings is 1. The van der Waals surface area contributed by atoms with Gasteiger partial charge in [0, 0.05) is 6.20 Å². The maximum atomic E-state index is 11.9. The first-order chi connectivity index (χ1) is 10.3. The summed E-state index contributed by atoms with van der Waals surface area (Å²) >= 11 is 0. The molecule has 2 N–H and O–H groups in total. The van der Waals surface area contributed by atoms with E-state index in [0.29, 0.717) is 11.3 Å². The maximum Gasteiger partial charge on any atom is 0.408 e. The van der Waals surface area contributed by atoms with Crippen molar-refractivity contribution in [3.05, 3.63) is 36.3 Å². The molecule has 0 aliphatic rings. The zero-order chi connectivity index (χ0) is 16.3. The molecule has 118 valence electrons. The van der Waals surface area contributed by atoms with Crippen LogP contribution >= 0.6 is 0 Å². The number of carbonyl (C=O) groups is 2. The van der Waals surface area contributed by atoms with Crippen molar-refractivity contribution >= 4 is 17.7 Å². The number of aromatic nitrogens is 2. The highest BCUT2D eigenvalue weighted by atomic mass is 16.6. The first-order valence-electron chi connectivity index (χ1n) is 6.89. The van der Waals surface area contributed by atoms with Gasteiger partial charge in [0.2, 0.25) is 0 Å². The molecule has 0 aliphatic carbocycles. The van der Waals surface area contributed by atoms with E-state index >= 15 is 0 Å². The summed E-state index contributed by atoms with van der Waals surface area (Å²) in [6, 6.07) is 4.71. The van der Waals surface area contributed by atoms with Gasteiger partial charge in [0.05, 0.1) is 24.4 Å². The van der Waals surface area contributed by atoms with E-state index in [-0.39, 0.29) is 6.42 Å². The van der Waals surface area contributed by atoms with Crippen molar-refractivity contribution in [3.8, 4) is 0 Å². The van der Waals surface area contributed by atoms with E-state index in [1.807, 2.05) is 12.1 Å². The second kappa shape index (κ2) is 6.05. The van der Waals surface area contributed by atoms with E-state index in [1.54, 1.807) is 43.6 Å². The number of amides is 1. The summed E-state index contributed by atoms with van der Waals surface area (Å²) in [7, 11) is 0. The highest BCUT2D eigenvalue weighted by Crippen LogP contribution is 2.19. The standard InChI is InChI=1S/C15H19N3O4/c1-15(2,3)22-14(21)17-10(8-13(19)20)11-9-16-12-6-4-5-7-18(11)12/h4-7,9-10H,8H2,1-3H3,(H,17,21)(H,19,20)/t10-/m1/s1. The minimum absolute atomic E-state index is 0.262. The lowest BCUT2D eigenvalue weighted by Gasteiger charge is -2.22. The average molecular weight is 305 g/mol. The summed E-state index contributed by atoms with van der Waals surface area (Å²) in [6.45, 7) is 5.23. The van der Waals surface area contributed by atoms with Crippen LogP contribution < -0.4 is 5.32 Å². The van der Waals surface area contributed by atoms with Crippen molar-refractivity contribution in [2.45, 2.75) is 38.8 Å². The lowest BCUT2D eigenvalue weighted by molar-refractivity contribution is -0.137. The smallest absolute Gasteiger partial charge is 0.408 e. The maximum absolute atomic E-state index is 11.9. The van der Waals surface area contributed by atoms with E-state index in [1.165, 1.54) is 0 Å². The number of carboxylic acid groups (broad SMARTS) is 1. The lowest BCUT2D eigenvalue weighted by Crippen LogP contribution is -2.36. The lowest BCUT2D eigenvalue weighted by atomic mass is 10.1. The fourth-order valence-electron chi connectivity index (χ4n) is 2.06. The Morgan fingerprint density at radius 3 is 2.77 bits per heavy atom. The molecule has 2 aromatic rings. The summed E-state index contributed by atoms with van der Waals surface area (Å²) in [6.07, 6.45) is 2.40. The molecule has 2 rings (SSSR count). The zero-order valence-electron chi connectivity index (χ0n) is 12.7. The monoisotopic (exact) mass is 305 g/mol. The number of rotatable bonds is 4. The molecular formula is C15H19N3O4. The van der Waals surface area contributed by atoms with Crippen molar-refractivity contribution in [3.63, 3.8) is 0 Å². The second-order valence-electron chi connectivity index (χ2n) is 5.91. The van der Waals surface area contributed by atoms with Crippen molar-refractivity contribution in [1.82, 2.24) is 14.7 Å². The molecule has 22 heavy (non-hydrogen) atoms. The number of fused-ring (bicyclic) bond motifs is 1. The number of imidazole rings is 1. The van der Waals surface area contributed by atoms with Crippen LogP contribution in [0.15, 0.2) is 30.6 Å². The number of hydrogen-bond donors (Lipinski definition) is 2. The molecule has 0 radical (unpaired) electrons. The Labute approximate surface area is 127 Å². The van der Waals surface area contributed by atoms with Gasteiger partial charge in [-0.1, -0.05) is 6.07 Å². The number of ether oxygens (including phenoxy) is 1.